The van der Waals surface area contributed by atoms with Gasteiger partial charge in [0.05, 0.1) is 12.7 Å². The molecule has 20 heavy (non-hydrogen) atoms. The van der Waals surface area contributed by atoms with E-state index in [9.17, 15) is 9.50 Å². The molecule has 2 atom stereocenters. The molecule has 0 bridgehead atoms. The normalized spacial score (nSPS) is 22.3. The number of benzene rings is 1. The van der Waals surface area contributed by atoms with Gasteiger partial charge in [-0.1, -0.05) is 18.6 Å². The van der Waals surface area contributed by atoms with Crippen molar-refractivity contribution >= 4 is 0 Å². The van der Waals surface area contributed by atoms with Crippen LogP contribution in [0.4, 0.5) is 4.39 Å². The van der Waals surface area contributed by atoms with Crippen LogP contribution in [0, 0.1) is 5.82 Å². The van der Waals surface area contributed by atoms with Crippen LogP contribution in [0.5, 0.6) is 5.75 Å². The van der Waals surface area contributed by atoms with Crippen molar-refractivity contribution in [3.05, 3.63) is 29.6 Å². The molecule has 1 aliphatic rings. The monoisotopic (exact) mass is 281 g/mol. The Hall–Kier alpha value is -1.13. The van der Waals surface area contributed by atoms with Gasteiger partial charge in [0.25, 0.3) is 0 Å². The summed E-state index contributed by atoms with van der Waals surface area (Å²) in [6, 6.07) is 5.38. The summed E-state index contributed by atoms with van der Waals surface area (Å²) in [6.07, 6.45) is 4.42. The molecule has 0 amide bonds. The molecule has 1 fully saturated rings. The van der Waals surface area contributed by atoms with Gasteiger partial charge < -0.3 is 15.2 Å². The first-order valence-corrected chi connectivity index (χ1v) is 7.29. The highest BCUT2D eigenvalue weighted by molar-refractivity contribution is 5.31. The number of methoxy groups -OCH3 is 1. The maximum atomic E-state index is 14.1. The molecule has 0 aromatic heterocycles. The van der Waals surface area contributed by atoms with Gasteiger partial charge in [-0.15, -0.1) is 0 Å². The largest absolute Gasteiger partial charge is 0.494 e. The van der Waals surface area contributed by atoms with E-state index in [-0.39, 0.29) is 11.6 Å². The summed E-state index contributed by atoms with van der Waals surface area (Å²) in [5.41, 5.74) is -0.410. The molecule has 2 N–H and O–H groups in total. The third-order valence-corrected chi connectivity index (χ3v) is 3.93. The lowest BCUT2D eigenvalue weighted by Gasteiger charge is -2.31. The Morgan fingerprint density at radius 1 is 1.45 bits per heavy atom. The lowest BCUT2D eigenvalue weighted by molar-refractivity contribution is 0.0363. The van der Waals surface area contributed by atoms with Crippen LogP contribution in [-0.4, -0.2) is 30.4 Å². The van der Waals surface area contributed by atoms with Crippen LogP contribution in [0.3, 0.4) is 0 Å². The van der Waals surface area contributed by atoms with Crippen LogP contribution in [0.15, 0.2) is 18.2 Å². The SMILES string of the molecule is COc1cccc(CC(C)(O)CC2CCCCN2)c1F. The van der Waals surface area contributed by atoms with Crippen molar-refractivity contribution in [1.82, 2.24) is 5.32 Å². The highest BCUT2D eigenvalue weighted by atomic mass is 19.1. The lowest BCUT2D eigenvalue weighted by Crippen LogP contribution is -2.42. The van der Waals surface area contributed by atoms with Gasteiger partial charge in [-0.2, -0.15) is 0 Å². The molecule has 0 spiro atoms. The zero-order valence-corrected chi connectivity index (χ0v) is 12.3. The van der Waals surface area contributed by atoms with Crippen LogP contribution < -0.4 is 10.1 Å². The van der Waals surface area contributed by atoms with Gasteiger partial charge in [0.15, 0.2) is 11.6 Å². The molecule has 1 heterocycles. The Morgan fingerprint density at radius 3 is 2.90 bits per heavy atom. The number of ether oxygens (including phenoxy) is 1. The molecule has 1 aromatic rings. The summed E-state index contributed by atoms with van der Waals surface area (Å²) in [5.74, 6) is -0.138. The molecule has 1 aromatic carbocycles. The summed E-state index contributed by atoms with van der Waals surface area (Å²) in [5, 5.41) is 14.0. The van der Waals surface area contributed by atoms with E-state index in [1.54, 1.807) is 25.1 Å². The number of hydrogen-bond acceptors (Lipinski definition) is 3. The molecule has 2 unspecified atom stereocenters. The zero-order chi connectivity index (χ0) is 14.6. The molecule has 112 valence electrons. The van der Waals surface area contributed by atoms with E-state index in [2.05, 4.69) is 5.32 Å². The first kappa shape index (κ1) is 15.3. The minimum atomic E-state index is -0.914. The van der Waals surface area contributed by atoms with Crippen LogP contribution in [0.1, 0.15) is 38.2 Å². The third-order valence-electron chi connectivity index (χ3n) is 3.93. The number of rotatable bonds is 5. The molecule has 3 nitrogen and oxygen atoms in total. The van der Waals surface area contributed by atoms with E-state index in [1.165, 1.54) is 20.0 Å². The predicted octanol–water partition coefficient (Wildman–Crippen LogP) is 2.66. The second-order valence-corrected chi connectivity index (χ2v) is 5.96. The quantitative estimate of drug-likeness (QED) is 0.872. The number of hydrogen-bond donors (Lipinski definition) is 2. The summed E-state index contributed by atoms with van der Waals surface area (Å²) in [6.45, 7) is 2.79. The molecule has 2 rings (SSSR count). The van der Waals surface area contributed by atoms with E-state index in [0.717, 1.165) is 13.0 Å². The van der Waals surface area contributed by atoms with Crippen molar-refractivity contribution in [2.75, 3.05) is 13.7 Å². The van der Waals surface area contributed by atoms with Crippen molar-refractivity contribution in [2.45, 2.75) is 50.7 Å². The number of halogens is 1. The minimum Gasteiger partial charge on any atom is -0.494 e. The topological polar surface area (TPSA) is 41.5 Å². The fourth-order valence-electron chi connectivity index (χ4n) is 2.96. The maximum Gasteiger partial charge on any atom is 0.168 e. The van der Waals surface area contributed by atoms with E-state index in [0.29, 0.717) is 24.4 Å². The Balaban J connectivity index is 2.03. The van der Waals surface area contributed by atoms with Crippen LogP contribution in [0.25, 0.3) is 0 Å². The predicted molar refractivity (Wildman–Crippen MR) is 77.5 cm³/mol. The lowest BCUT2D eigenvalue weighted by atomic mass is 9.87. The zero-order valence-electron chi connectivity index (χ0n) is 12.3. The maximum absolute atomic E-state index is 14.1. The third kappa shape index (κ3) is 3.93. The Kier molecular flexibility index (Phi) is 5.00. The van der Waals surface area contributed by atoms with E-state index < -0.39 is 5.60 Å². The van der Waals surface area contributed by atoms with Crippen molar-refractivity contribution in [3.8, 4) is 5.75 Å². The van der Waals surface area contributed by atoms with Gasteiger partial charge in [-0.25, -0.2) is 4.39 Å². The first-order valence-electron chi connectivity index (χ1n) is 7.29. The summed E-state index contributed by atoms with van der Waals surface area (Å²) < 4.78 is 19.1. The molecule has 0 aliphatic carbocycles. The molecule has 1 aliphatic heterocycles. The van der Waals surface area contributed by atoms with Crippen LogP contribution >= 0.6 is 0 Å². The Bertz CT molecular complexity index is 442. The van der Waals surface area contributed by atoms with Crippen LogP contribution in [-0.2, 0) is 6.42 Å². The molecular weight excluding hydrogens is 257 g/mol. The van der Waals surface area contributed by atoms with Gasteiger partial charge in [0.1, 0.15) is 0 Å². The summed E-state index contributed by atoms with van der Waals surface area (Å²) in [4.78, 5) is 0. The van der Waals surface area contributed by atoms with Gasteiger partial charge >= 0.3 is 0 Å². The fraction of sp³-hybridized carbons (Fsp3) is 0.625. The highest BCUT2D eigenvalue weighted by Gasteiger charge is 2.28. The van der Waals surface area contributed by atoms with E-state index in [1.807, 2.05) is 0 Å². The van der Waals surface area contributed by atoms with Crippen LogP contribution in [0.2, 0.25) is 0 Å². The minimum absolute atomic E-state index is 0.231. The average Bonchev–Trinajstić information content (AvgIpc) is 2.41. The molecule has 4 heteroatoms. The van der Waals surface area contributed by atoms with Gasteiger partial charge in [-0.3, -0.25) is 0 Å². The van der Waals surface area contributed by atoms with Crippen molar-refractivity contribution in [2.24, 2.45) is 0 Å². The molecule has 1 saturated heterocycles. The fourth-order valence-corrected chi connectivity index (χ4v) is 2.96. The van der Waals surface area contributed by atoms with Crippen molar-refractivity contribution in [1.29, 1.82) is 0 Å². The number of nitrogens with one attached hydrogen (secondary N) is 1. The van der Waals surface area contributed by atoms with Crippen molar-refractivity contribution in [3.63, 3.8) is 0 Å². The first-order chi connectivity index (χ1) is 9.52. The summed E-state index contributed by atoms with van der Waals surface area (Å²) in [7, 11) is 1.45. The molecular formula is C16H24FNO2. The highest BCUT2D eigenvalue weighted by Crippen LogP contribution is 2.27. The smallest absolute Gasteiger partial charge is 0.168 e. The molecule has 0 saturated carbocycles. The average molecular weight is 281 g/mol. The Morgan fingerprint density at radius 2 is 2.25 bits per heavy atom. The second kappa shape index (κ2) is 6.55. The van der Waals surface area contributed by atoms with Gasteiger partial charge in [0, 0.05) is 12.5 Å². The number of aliphatic hydroxyl groups is 1. The van der Waals surface area contributed by atoms with E-state index >= 15 is 0 Å². The molecule has 0 radical (unpaired) electrons. The van der Waals surface area contributed by atoms with E-state index in [4.69, 9.17) is 4.74 Å². The standard InChI is InChI=1S/C16H24FNO2/c1-16(19,11-13-7-3-4-9-18-13)10-12-6-5-8-14(20-2)15(12)17/h5-6,8,13,18-19H,3-4,7,9-11H2,1-2H3. The second-order valence-electron chi connectivity index (χ2n) is 5.96. The van der Waals surface area contributed by atoms with Crippen molar-refractivity contribution < 1.29 is 14.2 Å². The summed E-state index contributed by atoms with van der Waals surface area (Å²) >= 11 is 0. The van der Waals surface area contributed by atoms with Gasteiger partial charge in [0.2, 0.25) is 0 Å². The Labute approximate surface area is 120 Å². The van der Waals surface area contributed by atoms with Gasteiger partial charge in [-0.05, 0) is 44.4 Å². The number of piperidine rings is 1.